The maximum absolute atomic E-state index is 11.6. The molecule has 1 N–H and O–H groups in total. The third-order valence-corrected chi connectivity index (χ3v) is 4.23. The summed E-state index contributed by atoms with van der Waals surface area (Å²) in [6, 6.07) is 6.90. The SMILES string of the molecule is CN(C1CCCCC1)C(C(=O)O)c1ccc(Cl)cc1. The first-order valence-corrected chi connectivity index (χ1v) is 7.17. The Kier molecular flexibility index (Phi) is 4.83. The molecule has 1 aliphatic carbocycles. The van der Waals surface area contributed by atoms with E-state index in [9.17, 15) is 9.90 Å². The Balaban J connectivity index is 2.19. The normalized spacial score (nSPS) is 18.5. The summed E-state index contributed by atoms with van der Waals surface area (Å²) >= 11 is 5.86. The Morgan fingerprint density at radius 1 is 1.26 bits per heavy atom. The van der Waals surface area contributed by atoms with Crippen molar-refractivity contribution in [2.45, 2.75) is 44.2 Å². The molecule has 0 radical (unpaired) electrons. The minimum absolute atomic E-state index is 0.366. The van der Waals surface area contributed by atoms with E-state index in [1.807, 2.05) is 11.9 Å². The van der Waals surface area contributed by atoms with Crippen molar-refractivity contribution in [3.8, 4) is 0 Å². The molecule has 4 heteroatoms. The van der Waals surface area contributed by atoms with Crippen molar-refractivity contribution in [3.05, 3.63) is 34.9 Å². The molecular weight excluding hydrogens is 262 g/mol. The Labute approximate surface area is 119 Å². The number of carboxylic acid groups (broad SMARTS) is 1. The minimum atomic E-state index is -0.796. The van der Waals surface area contributed by atoms with Gasteiger partial charge in [0.25, 0.3) is 0 Å². The first-order valence-electron chi connectivity index (χ1n) is 6.80. The van der Waals surface area contributed by atoms with E-state index >= 15 is 0 Å². The van der Waals surface area contributed by atoms with Crippen LogP contribution in [-0.2, 0) is 4.79 Å². The maximum atomic E-state index is 11.6. The third kappa shape index (κ3) is 3.48. The summed E-state index contributed by atoms with van der Waals surface area (Å²) in [5.41, 5.74) is 0.796. The minimum Gasteiger partial charge on any atom is -0.480 e. The predicted octanol–water partition coefficient (Wildman–Crippen LogP) is 3.73. The van der Waals surface area contributed by atoms with Crippen molar-refractivity contribution in [2.75, 3.05) is 7.05 Å². The van der Waals surface area contributed by atoms with Crippen molar-refractivity contribution >= 4 is 17.6 Å². The van der Waals surface area contributed by atoms with Crippen LogP contribution in [0.3, 0.4) is 0 Å². The Morgan fingerprint density at radius 2 is 1.84 bits per heavy atom. The van der Waals surface area contributed by atoms with E-state index < -0.39 is 12.0 Å². The van der Waals surface area contributed by atoms with Gasteiger partial charge in [-0.2, -0.15) is 0 Å². The molecule has 0 aromatic heterocycles. The lowest BCUT2D eigenvalue weighted by molar-refractivity contribution is -0.144. The third-order valence-electron chi connectivity index (χ3n) is 3.98. The Hall–Kier alpha value is -1.06. The van der Waals surface area contributed by atoms with Gasteiger partial charge in [0, 0.05) is 11.1 Å². The largest absolute Gasteiger partial charge is 0.480 e. The summed E-state index contributed by atoms with van der Waals surface area (Å²) in [4.78, 5) is 13.6. The standard InChI is InChI=1S/C15H20ClNO2/c1-17(13-5-3-2-4-6-13)14(15(18)19)11-7-9-12(16)10-8-11/h7-10,13-14H,2-6H2,1H3,(H,18,19). The summed E-state index contributed by atoms with van der Waals surface area (Å²) in [6.07, 6.45) is 5.84. The van der Waals surface area contributed by atoms with Gasteiger partial charge in [-0.1, -0.05) is 43.0 Å². The van der Waals surface area contributed by atoms with Gasteiger partial charge in [-0.15, -0.1) is 0 Å². The molecule has 1 aromatic carbocycles. The Bertz CT molecular complexity index is 426. The quantitative estimate of drug-likeness (QED) is 0.914. The van der Waals surface area contributed by atoms with Gasteiger partial charge in [0.2, 0.25) is 0 Å². The van der Waals surface area contributed by atoms with E-state index in [1.165, 1.54) is 19.3 Å². The number of benzene rings is 1. The molecule has 1 saturated carbocycles. The van der Waals surface area contributed by atoms with Crippen LogP contribution in [0, 0.1) is 0 Å². The summed E-state index contributed by atoms with van der Waals surface area (Å²) in [5, 5.41) is 10.2. The molecule has 1 aromatic rings. The van der Waals surface area contributed by atoms with Gasteiger partial charge in [-0.3, -0.25) is 9.69 Å². The molecule has 2 rings (SSSR count). The fourth-order valence-electron chi connectivity index (χ4n) is 2.90. The lowest BCUT2D eigenvalue weighted by Gasteiger charge is -2.35. The predicted molar refractivity (Wildman–Crippen MR) is 76.5 cm³/mol. The molecule has 1 unspecified atom stereocenters. The highest BCUT2D eigenvalue weighted by molar-refractivity contribution is 6.30. The first kappa shape index (κ1) is 14.4. The van der Waals surface area contributed by atoms with Gasteiger partial charge in [-0.25, -0.2) is 0 Å². The topological polar surface area (TPSA) is 40.5 Å². The highest BCUT2D eigenvalue weighted by Gasteiger charge is 2.30. The van der Waals surface area contributed by atoms with Crippen molar-refractivity contribution < 1.29 is 9.90 Å². The van der Waals surface area contributed by atoms with Crippen LogP contribution >= 0.6 is 11.6 Å². The van der Waals surface area contributed by atoms with E-state index in [0.717, 1.165) is 18.4 Å². The summed E-state index contributed by atoms with van der Waals surface area (Å²) in [7, 11) is 1.92. The van der Waals surface area contributed by atoms with Crippen LogP contribution in [0.4, 0.5) is 0 Å². The molecule has 3 nitrogen and oxygen atoms in total. The number of carboxylic acids is 1. The van der Waals surface area contributed by atoms with E-state index in [0.29, 0.717) is 11.1 Å². The van der Waals surface area contributed by atoms with Gasteiger partial charge in [-0.05, 0) is 37.6 Å². The van der Waals surface area contributed by atoms with Crippen LogP contribution in [0.2, 0.25) is 5.02 Å². The summed E-state index contributed by atoms with van der Waals surface area (Å²) in [5.74, 6) is -0.796. The number of aliphatic carboxylic acids is 1. The van der Waals surface area contributed by atoms with Gasteiger partial charge >= 0.3 is 5.97 Å². The van der Waals surface area contributed by atoms with Crippen LogP contribution in [0.15, 0.2) is 24.3 Å². The number of halogens is 1. The number of rotatable bonds is 4. The number of nitrogens with zero attached hydrogens (tertiary/aromatic N) is 1. The monoisotopic (exact) mass is 281 g/mol. The van der Waals surface area contributed by atoms with Gasteiger partial charge < -0.3 is 5.11 Å². The lowest BCUT2D eigenvalue weighted by Crippen LogP contribution is -2.40. The van der Waals surface area contributed by atoms with Crippen LogP contribution < -0.4 is 0 Å². The smallest absolute Gasteiger partial charge is 0.325 e. The molecule has 19 heavy (non-hydrogen) atoms. The summed E-state index contributed by atoms with van der Waals surface area (Å²) < 4.78 is 0. The molecule has 0 aliphatic heterocycles. The molecule has 1 fully saturated rings. The van der Waals surface area contributed by atoms with E-state index in [4.69, 9.17) is 11.6 Å². The molecule has 1 atom stereocenters. The summed E-state index contributed by atoms with van der Waals surface area (Å²) in [6.45, 7) is 0. The molecular formula is C15H20ClNO2. The fraction of sp³-hybridized carbons (Fsp3) is 0.533. The second kappa shape index (κ2) is 6.40. The van der Waals surface area contributed by atoms with E-state index in [-0.39, 0.29) is 0 Å². The molecule has 0 saturated heterocycles. The van der Waals surface area contributed by atoms with Crippen molar-refractivity contribution in [2.24, 2.45) is 0 Å². The van der Waals surface area contributed by atoms with Crippen molar-refractivity contribution in [1.29, 1.82) is 0 Å². The molecule has 1 aliphatic rings. The molecule has 0 bridgehead atoms. The van der Waals surface area contributed by atoms with E-state index in [2.05, 4.69) is 0 Å². The fourth-order valence-corrected chi connectivity index (χ4v) is 3.02. The second-order valence-electron chi connectivity index (χ2n) is 5.25. The molecule has 0 amide bonds. The number of carbonyl (C=O) groups is 1. The zero-order valence-corrected chi connectivity index (χ0v) is 11.9. The number of likely N-dealkylation sites (N-methyl/N-ethyl adjacent to an activating group) is 1. The van der Waals surface area contributed by atoms with Gasteiger partial charge in [0.15, 0.2) is 0 Å². The van der Waals surface area contributed by atoms with Crippen LogP contribution in [0.1, 0.15) is 43.7 Å². The molecule has 0 spiro atoms. The van der Waals surface area contributed by atoms with Gasteiger partial charge in [0.1, 0.15) is 6.04 Å². The Morgan fingerprint density at radius 3 is 2.37 bits per heavy atom. The first-order chi connectivity index (χ1) is 9.09. The van der Waals surface area contributed by atoms with Crippen LogP contribution in [0.25, 0.3) is 0 Å². The average Bonchev–Trinajstić information content (AvgIpc) is 2.42. The second-order valence-corrected chi connectivity index (χ2v) is 5.69. The zero-order chi connectivity index (χ0) is 13.8. The molecule has 104 valence electrons. The van der Waals surface area contributed by atoms with Gasteiger partial charge in [0.05, 0.1) is 0 Å². The maximum Gasteiger partial charge on any atom is 0.325 e. The lowest BCUT2D eigenvalue weighted by atomic mass is 9.92. The van der Waals surface area contributed by atoms with Crippen molar-refractivity contribution in [3.63, 3.8) is 0 Å². The van der Waals surface area contributed by atoms with E-state index in [1.54, 1.807) is 24.3 Å². The zero-order valence-electron chi connectivity index (χ0n) is 11.2. The van der Waals surface area contributed by atoms with Crippen LogP contribution in [-0.4, -0.2) is 29.1 Å². The average molecular weight is 282 g/mol. The van der Waals surface area contributed by atoms with Crippen LogP contribution in [0.5, 0.6) is 0 Å². The van der Waals surface area contributed by atoms with Crippen molar-refractivity contribution in [1.82, 2.24) is 4.90 Å². The number of hydrogen-bond acceptors (Lipinski definition) is 2. The molecule has 0 heterocycles. The number of hydrogen-bond donors (Lipinski definition) is 1. The highest BCUT2D eigenvalue weighted by atomic mass is 35.5. The highest BCUT2D eigenvalue weighted by Crippen LogP contribution is 2.29.